The lowest BCUT2D eigenvalue weighted by Gasteiger charge is -2.32. The van der Waals surface area contributed by atoms with Crippen molar-refractivity contribution in [1.29, 1.82) is 0 Å². The third-order valence-corrected chi connectivity index (χ3v) is 7.13. The first-order valence-electron chi connectivity index (χ1n) is 11.8. The van der Waals surface area contributed by atoms with Crippen molar-refractivity contribution in [2.45, 2.75) is 56.9 Å². The number of carbonyl (C=O) groups excluding carboxylic acids is 3. The molecule has 0 aliphatic carbocycles. The molecule has 3 aliphatic rings. The molecule has 0 spiro atoms. The second-order valence-electron chi connectivity index (χ2n) is 9.14. The molecule has 0 aromatic carbocycles. The fourth-order valence-corrected chi connectivity index (χ4v) is 5.34. The highest BCUT2D eigenvalue weighted by Gasteiger charge is 2.55. The standard InChI is InChI=1S/C22H29ClF3N5O7S/c1-11(32)35-6-14-15(36-12(2)33)16(37-13(3)34)19(38-14)31-10-28-17-18(31)29-20(30-22(17,23)27)39-5-4-21(7-24,8-25)9-26/h14-16,19H,4-10,27H2,1-3H3/t14-,15-,16-,19-,22?/m1/s1. The number of amidine groups is 2. The highest BCUT2D eigenvalue weighted by Crippen LogP contribution is 2.35. The molecule has 1 fully saturated rings. The van der Waals surface area contributed by atoms with Gasteiger partial charge in [0.2, 0.25) is 5.12 Å². The van der Waals surface area contributed by atoms with E-state index in [1.54, 1.807) is 0 Å². The van der Waals surface area contributed by atoms with Crippen LogP contribution in [0.2, 0.25) is 0 Å². The van der Waals surface area contributed by atoms with Gasteiger partial charge in [-0.2, -0.15) is 0 Å². The molecule has 5 atom stereocenters. The van der Waals surface area contributed by atoms with E-state index in [4.69, 9.17) is 36.3 Å². The molecule has 0 radical (unpaired) electrons. The molecule has 0 aromatic rings. The van der Waals surface area contributed by atoms with Crippen molar-refractivity contribution in [2.24, 2.45) is 26.1 Å². The van der Waals surface area contributed by atoms with Crippen LogP contribution in [0.1, 0.15) is 27.2 Å². The van der Waals surface area contributed by atoms with Crippen molar-refractivity contribution in [1.82, 2.24) is 4.90 Å². The van der Waals surface area contributed by atoms with E-state index in [1.165, 1.54) is 11.8 Å². The number of rotatable bonds is 11. The maximum absolute atomic E-state index is 13.3. The Morgan fingerprint density at radius 1 is 1.13 bits per heavy atom. The van der Waals surface area contributed by atoms with Gasteiger partial charge in [0, 0.05) is 26.5 Å². The van der Waals surface area contributed by atoms with E-state index in [9.17, 15) is 27.6 Å². The molecule has 0 saturated carbocycles. The summed E-state index contributed by atoms with van der Waals surface area (Å²) in [6, 6.07) is 0. The van der Waals surface area contributed by atoms with Crippen molar-refractivity contribution in [3.8, 4) is 0 Å². The Balaban J connectivity index is 1.88. The number of fused-ring (bicyclic) bond motifs is 1. The molecule has 0 bridgehead atoms. The molecule has 39 heavy (non-hydrogen) atoms. The number of halogens is 4. The van der Waals surface area contributed by atoms with Gasteiger partial charge in [-0.15, -0.1) is 0 Å². The number of aliphatic imine (C=N–C) groups is 3. The van der Waals surface area contributed by atoms with Crippen LogP contribution in [0.4, 0.5) is 13.2 Å². The van der Waals surface area contributed by atoms with Crippen LogP contribution >= 0.6 is 23.4 Å². The molecule has 1 unspecified atom stereocenters. The van der Waals surface area contributed by atoms with E-state index in [0.29, 0.717) is 0 Å². The van der Waals surface area contributed by atoms with Crippen molar-refractivity contribution in [2.75, 3.05) is 39.1 Å². The topological polar surface area (TPSA) is 154 Å². The number of carbonyl (C=O) groups is 3. The van der Waals surface area contributed by atoms with Crippen molar-refractivity contribution in [3.05, 3.63) is 0 Å². The zero-order valence-electron chi connectivity index (χ0n) is 21.4. The minimum absolute atomic E-state index is 0.0360. The number of esters is 3. The van der Waals surface area contributed by atoms with Gasteiger partial charge in [0.1, 0.15) is 45.1 Å². The van der Waals surface area contributed by atoms with Crippen LogP contribution in [0.15, 0.2) is 15.0 Å². The highest BCUT2D eigenvalue weighted by molar-refractivity contribution is 8.13. The van der Waals surface area contributed by atoms with Crippen molar-refractivity contribution in [3.63, 3.8) is 0 Å². The molecule has 0 aromatic heterocycles. The molecule has 3 aliphatic heterocycles. The summed E-state index contributed by atoms with van der Waals surface area (Å²) >= 11 is 7.39. The van der Waals surface area contributed by atoms with Crippen molar-refractivity contribution < 1.29 is 46.5 Å². The Kier molecular flexibility index (Phi) is 10.2. The number of thioether (sulfide) groups is 1. The fraction of sp³-hybridized carbons (Fsp3) is 0.727. The third-order valence-electron chi connectivity index (χ3n) is 6.02. The Morgan fingerprint density at radius 3 is 2.31 bits per heavy atom. The summed E-state index contributed by atoms with van der Waals surface area (Å²) < 4.78 is 61.6. The second-order valence-corrected chi connectivity index (χ2v) is 10.8. The van der Waals surface area contributed by atoms with Crippen LogP contribution < -0.4 is 5.73 Å². The lowest BCUT2D eigenvalue weighted by Crippen LogP contribution is -2.54. The summed E-state index contributed by atoms with van der Waals surface area (Å²) in [7, 11) is 0. The number of hydrogen-bond donors (Lipinski definition) is 1. The van der Waals surface area contributed by atoms with E-state index in [2.05, 4.69) is 15.0 Å². The second kappa shape index (κ2) is 12.8. The van der Waals surface area contributed by atoms with E-state index >= 15 is 0 Å². The van der Waals surface area contributed by atoms with Gasteiger partial charge < -0.3 is 23.8 Å². The van der Waals surface area contributed by atoms with Crippen LogP contribution in [-0.2, 0) is 33.3 Å². The highest BCUT2D eigenvalue weighted by atomic mass is 35.5. The molecular formula is C22H29ClF3N5O7S. The maximum Gasteiger partial charge on any atom is 0.303 e. The van der Waals surface area contributed by atoms with Gasteiger partial charge in [-0.3, -0.25) is 38.3 Å². The molecule has 3 heterocycles. The molecule has 1 saturated heterocycles. The summed E-state index contributed by atoms with van der Waals surface area (Å²) in [4.78, 5) is 49.5. The summed E-state index contributed by atoms with van der Waals surface area (Å²) in [5, 5.41) is -1.83. The van der Waals surface area contributed by atoms with Crippen molar-refractivity contribution >= 4 is 58.0 Å². The first kappa shape index (κ1) is 31.1. The number of nitrogens with zero attached hydrogens (tertiary/aromatic N) is 4. The van der Waals surface area contributed by atoms with Crippen LogP contribution in [0.5, 0.6) is 0 Å². The third kappa shape index (κ3) is 7.21. The largest absolute Gasteiger partial charge is 0.463 e. The predicted molar refractivity (Wildman–Crippen MR) is 136 cm³/mol. The molecule has 0 amide bonds. The molecule has 2 N–H and O–H groups in total. The summed E-state index contributed by atoms with van der Waals surface area (Å²) in [5.74, 6) is -1.84. The molecule has 218 valence electrons. The van der Waals surface area contributed by atoms with Crippen LogP contribution in [0, 0.1) is 5.41 Å². The normalized spacial score (nSPS) is 28.3. The average Bonchev–Trinajstić information content (AvgIpc) is 3.42. The number of alkyl halides is 4. The quantitative estimate of drug-likeness (QED) is 0.160. The maximum atomic E-state index is 13.3. The monoisotopic (exact) mass is 599 g/mol. The fourth-order valence-electron chi connectivity index (χ4n) is 3.99. The molecule has 17 heteroatoms. The Morgan fingerprint density at radius 2 is 1.74 bits per heavy atom. The minimum atomic E-state index is -1.87. The van der Waals surface area contributed by atoms with Gasteiger partial charge >= 0.3 is 17.9 Å². The predicted octanol–water partition coefficient (Wildman–Crippen LogP) is 1.49. The summed E-state index contributed by atoms with van der Waals surface area (Å²) in [5.41, 5.74) is 4.48. The van der Waals surface area contributed by atoms with Gasteiger partial charge in [0.15, 0.2) is 29.4 Å². The first-order chi connectivity index (χ1) is 18.4. The average molecular weight is 600 g/mol. The number of nitrogens with two attached hydrogens (primary N) is 1. The van der Waals surface area contributed by atoms with Crippen LogP contribution in [-0.4, -0.2) is 108 Å². The smallest absolute Gasteiger partial charge is 0.303 e. The van der Waals surface area contributed by atoms with Crippen LogP contribution in [0.3, 0.4) is 0 Å². The Hall–Kier alpha value is -2.43. The van der Waals surface area contributed by atoms with E-state index < -0.39 is 73.0 Å². The summed E-state index contributed by atoms with van der Waals surface area (Å²) in [6.07, 6.45) is -4.64. The molecular weight excluding hydrogens is 571 g/mol. The summed E-state index contributed by atoms with van der Waals surface area (Å²) in [6.45, 7) is -0.436. The van der Waals surface area contributed by atoms with Gasteiger partial charge in [0.05, 0.1) is 5.41 Å². The molecule has 12 nitrogen and oxygen atoms in total. The Labute approximate surface area is 231 Å². The molecule has 3 rings (SSSR count). The lowest BCUT2D eigenvalue weighted by molar-refractivity contribution is -0.166. The van der Waals surface area contributed by atoms with Crippen LogP contribution in [0.25, 0.3) is 0 Å². The lowest BCUT2D eigenvalue weighted by atomic mass is 9.90. The van der Waals surface area contributed by atoms with E-state index in [0.717, 1.165) is 25.6 Å². The SMILES string of the molecule is CC(=O)OC[C@H]1O[C@@H](N2CN=C3C2=NC(SCCC(CF)(CF)CF)=NC3(N)Cl)[C@H](OC(C)=O)[C@@H]1OC(C)=O. The van der Waals surface area contributed by atoms with Gasteiger partial charge in [0.25, 0.3) is 0 Å². The number of hydrogen-bond acceptors (Lipinski definition) is 13. The Bertz CT molecular complexity index is 1050. The van der Waals surface area contributed by atoms with E-state index in [1.807, 2.05) is 0 Å². The van der Waals surface area contributed by atoms with E-state index in [-0.39, 0.29) is 42.2 Å². The number of ether oxygens (including phenoxy) is 4. The van der Waals surface area contributed by atoms with Gasteiger partial charge in [-0.1, -0.05) is 23.4 Å². The minimum Gasteiger partial charge on any atom is -0.463 e. The van der Waals surface area contributed by atoms with Gasteiger partial charge in [-0.25, -0.2) is 9.98 Å². The van der Waals surface area contributed by atoms with Gasteiger partial charge in [-0.05, 0) is 6.42 Å². The zero-order chi connectivity index (χ0) is 29.0. The zero-order valence-corrected chi connectivity index (χ0v) is 23.0. The first-order valence-corrected chi connectivity index (χ1v) is 13.1.